The van der Waals surface area contributed by atoms with Gasteiger partial charge in [-0.15, -0.1) is 0 Å². The molecule has 2 aliphatic heterocycles. The summed E-state index contributed by atoms with van der Waals surface area (Å²) in [4.78, 5) is 14.5. The van der Waals surface area contributed by atoms with Gasteiger partial charge >= 0.3 is 0 Å². The minimum Gasteiger partial charge on any atom is -0.339 e. The molecule has 0 saturated carbocycles. The summed E-state index contributed by atoms with van der Waals surface area (Å²) in [7, 11) is 1.92. The minimum atomic E-state index is 0.0817. The molecule has 3 nitrogen and oxygen atoms in total. The maximum absolute atomic E-state index is 12.6. The van der Waals surface area contributed by atoms with Crippen molar-refractivity contribution in [2.24, 2.45) is 0 Å². The maximum atomic E-state index is 12.6. The number of aryl methyl sites for hydroxylation is 1. The van der Waals surface area contributed by atoms with Crippen molar-refractivity contribution in [2.45, 2.75) is 50.7 Å². The van der Waals surface area contributed by atoms with Crippen molar-refractivity contribution >= 4 is 17.5 Å². The van der Waals surface area contributed by atoms with Crippen LogP contribution in [0.5, 0.6) is 0 Å². The molecule has 0 aromatic heterocycles. The Kier molecular flexibility index (Phi) is 3.74. The predicted molar refractivity (Wildman–Crippen MR) is 81.3 cm³/mol. The molecule has 1 N–H and O–H groups in total. The monoisotopic (exact) mass is 292 g/mol. The molecule has 2 atom stereocenters. The molecule has 4 heteroatoms. The van der Waals surface area contributed by atoms with Gasteiger partial charge in [0, 0.05) is 35.8 Å². The van der Waals surface area contributed by atoms with Crippen LogP contribution in [0.3, 0.4) is 0 Å². The number of rotatable bonds is 2. The summed E-state index contributed by atoms with van der Waals surface area (Å²) in [5, 5.41) is 4.27. The molecule has 2 aliphatic rings. The molecular formula is C16H21ClN2O. The number of halogens is 1. The van der Waals surface area contributed by atoms with Crippen LogP contribution in [-0.2, 0) is 0 Å². The van der Waals surface area contributed by atoms with Crippen molar-refractivity contribution in [1.82, 2.24) is 10.2 Å². The fraction of sp³-hybridized carbons (Fsp3) is 0.562. The molecule has 0 spiro atoms. The second kappa shape index (κ2) is 5.38. The Morgan fingerprint density at radius 2 is 1.95 bits per heavy atom. The van der Waals surface area contributed by atoms with Crippen LogP contribution in [-0.4, -0.2) is 36.0 Å². The van der Waals surface area contributed by atoms with Gasteiger partial charge in [-0.25, -0.2) is 0 Å². The predicted octanol–water partition coefficient (Wildman–Crippen LogP) is 3.00. The summed E-state index contributed by atoms with van der Waals surface area (Å²) >= 11 is 6.12. The Morgan fingerprint density at radius 1 is 1.30 bits per heavy atom. The summed E-state index contributed by atoms with van der Waals surface area (Å²) < 4.78 is 0. The van der Waals surface area contributed by atoms with E-state index in [2.05, 4.69) is 5.32 Å². The van der Waals surface area contributed by atoms with Gasteiger partial charge in [0.25, 0.3) is 5.91 Å². The first kappa shape index (κ1) is 13.9. The molecule has 1 aromatic rings. The van der Waals surface area contributed by atoms with Gasteiger partial charge < -0.3 is 10.2 Å². The van der Waals surface area contributed by atoms with Crippen LogP contribution >= 0.6 is 11.6 Å². The van der Waals surface area contributed by atoms with E-state index in [1.807, 2.05) is 31.0 Å². The fourth-order valence-electron chi connectivity index (χ4n) is 3.44. The van der Waals surface area contributed by atoms with Crippen molar-refractivity contribution in [3.05, 3.63) is 34.3 Å². The highest BCUT2D eigenvalue weighted by Crippen LogP contribution is 2.30. The number of carbonyl (C=O) groups excluding carboxylic acids is 1. The highest BCUT2D eigenvalue weighted by Gasteiger charge is 2.36. The molecule has 1 aromatic carbocycles. The van der Waals surface area contributed by atoms with Crippen LogP contribution in [0.15, 0.2) is 18.2 Å². The third-order valence-corrected chi connectivity index (χ3v) is 5.14. The van der Waals surface area contributed by atoms with E-state index in [-0.39, 0.29) is 5.91 Å². The highest BCUT2D eigenvalue weighted by molar-refractivity contribution is 6.31. The quantitative estimate of drug-likeness (QED) is 0.909. The Bertz CT molecular complexity index is 519. The molecule has 1 amide bonds. The topological polar surface area (TPSA) is 32.3 Å². The Hall–Kier alpha value is -1.06. The van der Waals surface area contributed by atoms with Gasteiger partial charge in [-0.1, -0.05) is 17.7 Å². The summed E-state index contributed by atoms with van der Waals surface area (Å²) in [6, 6.07) is 7.10. The molecule has 2 saturated heterocycles. The molecule has 2 bridgehead atoms. The maximum Gasteiger partial charge on any atom is 0.253 e. The minimum absolute atomic E-state index is 0.0817. The van der Waals surface area contributed by atoms with Crippen molar-refractivity contribution in [3.8, 4) is 0 Å². The van der Waals surface area contributed by atoms with Crippen molar-refractivity contribution in [2.75, 3.05) is 7.05 Å². The number of amides is 1. The van der Waals surface area contributed by atoms with Gasteiger partial charge in [0.2, 0.25) is 0 Å². The Labute approximate surface area is 125 Å². The summed E-state index contributed by atoms with van der Waals surface area (Å²) in [5.41, 5.74) is 1.69. The van der Waals surface area contributed by atoms with Gasteiger partial charge in [0.1, 0.15) is 0 Å². The van der Waals surface area contributed by atoms with E-state index >= 15 is 0 Å². The first-order chi connectivity index (χ1) is 9.54. The zero-order valence-corrected chi connectivity index (χ0v) is 12.8. The van der Waals surface area contributed by atoms with E-state index in [4.69, 9.17) is 11.6 Å². The molecule has 108 valence electrons. The van der Waals surface area contributed by atoms with E-state index in [9.17, 15) is 4.79 Å². The lowest BCUT2D eigenvalue weighted by molar-refractivity contribution is 0.0681. The number of benzene rings is 1. The van der Waals surface area contributed by atoms with E-state index in [0.717, 1.165) is 18.4 Å². The van der Waals surface area contributed by atoms with Crippen LogP contribution in [0, 0.1) is 6.92 Å². The largest absolute Gasteiger partial charge is 0.339 e. The van der Waals surface area contributed by atoms with Crippen LogP contribution in [0.25, 0.3) is 0 Å². The Balaban J connectivity index is 1.74. The number of piperidine rings is 1. The van der Waals surface area contributed by atoms with E-state index in [1.54, 1.807) is 6.07 Å². The van der Waals surface area contributed by atoms with Gasteiger partial charge in [0.15, 0.2) is 0 Å². The molecule has 2 heterocycles. The number of fused-ring (bicyclic) bond motifs is 2. The average Bonchev–Trinajstić information content (AvgIpc) is 2.79. The lowest BCUT2D eigenvalue weighted by Crippen LogP contribution is -2.48. The van der Waals surface area contributed by atoms with Gasteiger partial charge in [-0.05, 0) is 50.3 Å². The van der Waals surface area contributed by atoms with Crippen LogP contribution in [0.4, 0.5) is 0 Å². The summed E-state index contributed by atoms with van der Waals surface area (Å²) in [6.45, 7) is 1.95. The van der Waals surface area contributed by atoms with Gasteiger partial charge in [-0.3, -0.25) is 4.79 Å². The number of hydrogen-bond donors (Lipinski definition) is 1. The molecule has 20 heavy (non-hydrogen) atoms. The normalized spacial score (nSPS) is 28.4. The van der Waals surface area contributed by atoms with E-state index in [0.29, 0.717) is 28.7 Å². The lowest BCUT2D eigenvalue weighted by atomic mass is 9.98. The number of nitrogens with zero attached hydrogens (tertiary/aromatic N) is 1. The standard InChI is InChI=1S/C16H21ClN2O/c1-10-3-4-11(7-15(10)17)16(20)19(2)14-8-12-5-6-13(9-14)18-12/h3-4,7,12-14,18H,5-6,8-9H2,1-2H3. The number of nitrogens with one attached hydrogen (secondary N) is 1. The van der Waals surface area contributed by atoms with Crippen molar-refractivity contribution in [1.29, 1.82) is 0 Å². The third-order valence-electron chi connectivity index (χ3n) is 4.74. The third kappa shape index (κ3) is 2.57. The molecule has 2 fully saturated rings. The van der Waals surface area contributed by atoms with E-state index < -0.39 is 0 Å². The van der Waals surface area contributed by atoms with Crippen LogP contribution in [0.1, 0.15) is 41.6 Å². The average molecular weight is 293 g/mol. The fourth-order valence-corrected chi connectivity index (χ4v) is 3.62. The molecule has 0 radical (unpaired) electrons. The second-order valence-electron chi connectivity index (χ2n) is 6.14. The zero-order valence-electron chi connectivity index (χ0n) is 12.0. The zero-order chi connectivity index (χ0) is 14.3. The highest BCUT2D eigenvalue weighted by atomic mass is 35.5. The van der Waals surface area contributed by atoms with Gasteiger partial charge in [-0.2, -0.15) is 0 Å². The van der Waals surface area contributed by atoms with Crippen molar-refractivity contribution in [3.63, 3.8) is 0 Å². The number of hydrogen-bond acceptors (Lipinski definition) is 2. The molecular weight excluding hydrogens is 272 g/mol. The first-order valence-electron chi connectivity index (χ1n) is 7.34. The van der Waals surface area contributed by atoms with Crippen molar-refractivity contribution < 1.29 is 4.79 Å². The summed E-state index contributed by atoms with van der Waals surface area (Å²) in [6.07, 6.45) is 4.63. The lowest BCUT2D eigenvalue weighted by Gasteiger charge is -2.35. The molecule has 0 aliphatic carbocycles. The van der Waals surface area contributed by atoms with E-state index in [1.165, 1.54) is 12.8 Å². The first-order valence-corrected chi connectivity index (χ1v) is 7.71. The SMILES string of the molecule is Cc1ccc(C(=O)N(C)C2CC3CCC(C2)N3)cc1Cl. The smallest absolute Gasteiger partial charge is 0.253 e. The van der Waals surface area contributed by atoms with Gasteiger partial charge in [0.05, 0.1) is 0 Å². The van der Waals surface area contributed by atoms with Crippen LogP contribution < -0.4 is 5.32 Å². The Morgan fingerprint density at radius 3 is 2.55 bits per heavy atom. The second-order valence-corrected chi connectivity index (χ2v) is 6.55. The summed E-state index contributed by atoms with van der Waals surface area (Å²) in [5.74, 6) is 0.0817. The molecule has 3 rings (SSSR count). The number of carbonyl (C=O) groups is 1. The molecule has 2 unspecified atom stereocenters. The van der Waals surface area contributed by atoms with Crippen LogP contribution in [0.2, 0.25) is 5.02 Å².